The number of hydrogen-bond acceptors (Lipinski definition) is 2. The summed E-state index contributed by atoms with van der Waals surface area (Å²) in [5, 5.41) is 0. The SMILES string of the molecule is CC=CC(=O)C1CCCO1. The molecule has 1 aliphatic heterocycles. The van der Waals surface area contributed by atoms with E-state index in [2.05, 4.69) is 0 Å². The molecule has 0 aliphatic carbocycles. The number of ether oxygens (including phenoxy) is 1. The lowest BCUT2D eigenvalue weighted by Gasteiger charge is -2.02. The van der Waals surface area contributed by atoms with Crippen molar-refractivity contribution in [1.82, 2.24) is 0 Å². The highest BCUT2D eigenvalue weighted by molar-refractivity contribution is 5.93. The summed E-state index contributed by atoms with van der Waals surface area (Å²) in [6.45, 7) is 2.58. The van der Waals surface area contributed by atoms with Gasteiger partial charge in [0.25, 0.3) is 0 Å². The Balaban J connectivity index is 2.40. The third-order valence-corrected chi connectivity index (χ3v) is 1.58. The first-order valence-electron chi connectivity index (χ1n) is 3.62. The number of carbonyl (C=O) groups excluding carboxylic acids is 1. The molecule has 0 aromatic rings. The molecule has 0 aromatic heterocycles. The van der Waals surface area contributed by atoms with E-state index < -0.39 is 0 Å². The largest absolute Gasteiger partial charge is 0.370 e. The van der Waals surface area contributed by atoms with E-state index in [9.17, 15) is 4.79 Å². The van der Waals surface area contributed by atoms with Crippen LogP contribution in [0.4, 0.5) is 0 Å². The minimum absolute atomic E-state index is 0.111. The normalized spacial score (nSPS) is 25.9. The van der Waals surface area contributed by atoms with Crippen LogP contribution in [0, 0.1) is 0 Å². The van der Waals surface area contributed by atoms with Gasteiger partial charge in [0.15, 0.2) is 5.78 Å². The van der Waals surface area contributed by atoms with Gasteiger partial charge in [-0.15, -0.1) is 0 Å². The summed E-state index contributed by atoms with van der Waals surface area (Å²) < 4.78 is 5.17. The molecular weight excluding hydrogens is 128 g/mol. The lowest BCUT2D eigenvalue weighted by molar-refractivity contribution is -0.122. The number of carbonyl (C=O) groups is 1. The first kappa shape index (κ1) is 7.48. The van der Waals surface area contributed by atoms with Gasteiger partial charge in [-0.05, 0) is 25.8 Å². The quantitative estimate of drug-likeness (QED) is 0.540. The highest BCUT2D eigenvalue weighted by Gasteiger charge is 2.20. The highest BCUT2D eigenvalue weighted by atomic mass is 16.5. The van der Waals surface area contributed by atoms with Gasteiger partial charge in [-0.2, -0.15) is 0 Å². The molecule has 1 aliphatic rings. The molecule has 0 spiro atoms. The number of allylic oxidation sites excluding steroid dienone is 1. The monoisotopic (exact) mass is 140 g/mol. The molecule has 0 aromatic carbocycles. The van der Waals surface area contributed by atoms with Crippen molar-refractivity contribution in [3.63, 3.8) is 0 Å². The zero-order chi connectivity index (χ0) is 7.40. The molecule has 0 saturated carbocycles. The molecule has 0 bridgehead atoms. The van der Waals surface area contributed by atoms with Crippen LogP contribution in [0.5, 0.6) is 0 Å². The molecule has 1 saturated heterocycles. The van der Waals surface area contributed by atoms with Crippen molar-refractivity contribution in [3.05, 3.63) is 12.2 Å². The van der Waals surface area contributed by atoms with Crippen LogP contribution in [0.2, 0.25) is 0 Å². The van der Waals surface area contributed by atoms with E-state index in [-0.39, 0.29) is 11.9 Å². The molecule has 1 heterocycles. The van der Waals surface area contributed by atoms with Gasteiger partial charge in [-0.3, -0.25) is 4.79 Å². The Morgan fingerprint density at radius 3 is 3.00 bits per heavy atom. The first-order chi connectivity index (χ1) is 4.84. The molecule has 56 valence electrons. The van der Waals surface area contributed by atoms with Crippen molar-refractivity contribution in [2.45, 2.75) is 25.9 Å². The van der Waals surface area contributed by atoms with Crippen molar-refractivity contribution >= 4 is 5.78 Å². The van der Waals surface area contributed by atoms with E-state index in [4.69, 9.17) is 4.74 Å². The lowest BCUT2D eigenvalue weighted by atomic mass is 10.1. The predicted molar refractivity (Wildman–Crippen MR) is 38.8 cm³/mol. The average molecular weight is 140 g/mol. The first-order valence-corrected chi connectivity index (χ1v) is 3.62. The van der Waals surface area contributed by atoms with Gasteiger partial charge in [0.1, 0.15) is 6.10 Å². The molecule has 2 heteroatoms. The van der Waals surface area contributed by atoms with Crippen molar-refractivity contribution in [2.24, 2.45) is 0 Å². The topological polar surface area (TPSA) is 26.3 Å². The summed E-state index contributed by atoms with van der Waals surface area (Å²) in [7, 11) is 0. The van der Waals surface area contributed by atoms with Gasteiger partial charge in [-0.1, -0.05) is 6.08 Å². The van der Waals surface area contributed by atoms with Crippen LogP contribution in [0.1, 0.15) is 19.8 Å². The molecule has 0 radical (unpaired) electrons. The van der Waals surface area contributed by atoms with E-state index in [1.807, 2.05) is 6.92 Å². The molecule has 1 fully saturated rings. The van der Waals surface area contributed by atoms with Crippen molar-refractivity contribution in [1.29, 1.82) is 0 Å². The Hall–Kier alpha value is -0.630. The van der Waals surface area contributed by atoms with Gasteiger partial charge >= 0.3 is 0 Å². The minimum atomic E-state index is -0.142. The van der Waals surface area contributed by atoms with E-state index >= 15 is 0 Å². The average Bonchev–Trinajstić information content (AvgIpc) is 2.38. The molecule has 10 heavy (non-hydrogen) atoms. The van der Waals surface area contributed by atoms with Crippen LogP contribution in [0.15, 0.2) is 12.2 Å². The van der Waals surface area contributed by atoms with Crippen LogP contribution >= 0.6 is 0 Å². The second kappa shape index (κ2) is 3.52. The van der Waals surface area contributed by atoms with Gasteiger partial charge < -0.3 is 4.74 Å². The van der Waals surface area contributed by atoms with Crippen molar-refractivity contribution in [2.75, 3.05) is 6.61 Å². The van der Waals surface area contributed by atoms with Crippen LogP contribution in [0.3, 0.4) is 0 Å². The maximum Gasteiger partial charge on any atom is 0.184 e. The van der Waals surface area contributed by atoms with Crippen LogP contribution in [-0.4, -0.2) is 18.5 Å². The maximum absolute atomic E-state index is 11.0. The molecule has 0 amide bonds. The minimum Gasteiger partial charge on any atom is -0.370 e. The summed E-state index contributed by atoms with van der Waals surface area (Å²) in [5.74, 6) is 0.111. The summed E-state index contributed by atoms with van der Waals surface area (Å²) >= 11 is 0. The van der Waals surface area contributed by atoms with Crippen molar-refractivity contribution < 1.29 is 9.53 Å². The molecule has 1 rings (SSSR count). The summed E-state index contributed by atoms with van der Waals surface area (Å²) in [4.78, 5) is 11.0. The summed E-state index contributed by atoms with van der Waals surface area (Å²) in [6.07, 6.45) is 5.10. The number of rotatable bonds is 2. The molecule has 0 N–H and O–H groups in total. The summed E-state index contributed by atoms with van der Waals surface area (Å²) in [5.41, 5.74) is 0. The predicted octanol–water partition coefficient (Wildman–Crippen LogP) is 1.31. The Morgan fingerprint density at radius 2 is 2.50 bits per heavy atom. The fourth-order valence-electron chi connectivity index (χ4n) is 1.07. The second-order valence-electron chi connectivity index (χ2n) is 2.40. The van der Waals surface area contributed by atoms with Crippen LogP contribution in [0.25, 0.3) is 0 Å². The molecule has 1 unspecified atom stereocenters. The smallest absolute Gasteiger partial charge is 0.184 e. The Morgan fingerprint density at radius 1 is 1.70 bits per heavy atom. The van der Waals surface area contributed by atoms with Gasteiger partial charge in [0.05, 0.1) is 0 Å². The highest BCUT2D eigenvalue weighted by Crippen LogP contribution is 2.12. The Labute approximate surface area is 60.9 Å². The summed E-state index contributed by atoms with van der Waals surface area (Å²) in [6, 6.07) is 0. The van der Waals surface area contributed by atoms with Gasteiger partial charge in [-0.25, -0.2) is 0 Å². The second-order valence-corrected chi connectivity index (χ2v) is 2.40. The van der Waals surface area contributed by atoms with Gasteiger partial charge in [0, 0.05) is 6.61 Å². The Kier molecular flexibility index (Phi) is 2.63. The third kappa shape index (κ3) is 1.67. The van der Waals surface area contributed by atoms with E-state index in [0.29, 0.717) is 0 Å². The fraction of sp³-hybridized carbons (Fsp3) is 0.625. The molecule has 2 nitrogen and oxygen atoms in total. The van der Waals surface area contributed by atoms with E-state index in [0.717, 1.165) is 19.4 Å². The molecular formula is C8H12O2. The molecule has 1 atom stereocenters. The zero-order valence-electron chi connectivity index (χ0n) is 6.17. The van der Waals surface area contributed by atoms with E-state index in [1.165, 1.54) is 0 Å². The lowest BCUT2D eigenvalue weighted by Crippen LogP contribution is -2.16. The zero-order valence-corrected chi connectivity index (χ0v) is 6.17. The fourth-order valence-corrected chi connectivity index (χ4v) is 1.07. The number of ketones is 1. The van der Waals surface area contributed by atoms with Gasteiger partial charge in [0.2, 0.25) is 0 Å². The Bertz CT molecular complexity index is 143. The van der Waals surface area contributed by atoms with Crippen LogP contribution < -0.4 is 0 Å². The maximum atomic E-state index is 11.0. The van der Waals surface area contributed by atoms with Crippen molar-refractivity contribution in [3.8, 4) is 0 Å². The number of hydrogen-bond donors (Lipinski definition) is 0. The van der Waals surface area contributed by atoms with Crippen LogP contribution in [-0.2, 0) is 9.53 Å². The standard InChI is InChI=1S/C8H12O2/c1-2-4-7(9)8-5-3-6-10-8/h2,4,8H,3,5-6H2,1H3. The third-order valence-electron chi connectivity index (χ3n) is 1.58. The van der Waals surface area contributed by atoms with E-state index in [1.54, 1.807) is 12.2 Å².